The van der Waals surface area contributed by atoms with Gasteiger partial charge in [0.15, 0.2) is 5.17 Å². The van der Waals surface area contributed by atoms with E-state index in [0.717, 1.165) is 0 Å². The van der Waals surface area contributed by atoms with Crippen LogP contribution >= 0.6 is 11.8 Å². The maximum atomic E-state index is 4.64. The summed E-state index contributed by atoms with van der Waals surface area (Å²) in [7, 11) is 0. The smallest absolute Gasteiger partial charge is 0.157 e. The summed E-state index contributed by atoms with van der Waals surface area (Å²) >= 11 is 1.89. The van der Waals surface area contributed by atoms with Gasteiger partial charge in [-0.25, -0.2) is 0 Å². The van der Waals surface area contributed by atoms with Crippen molar-refractivity contribution in [3.63, 3.8) is 0 Å². The monoisotopic (exact) mass is 212 g/mol. The molecule has 0 amide bonds. The number of thioether (sulfide) groups is 1. The molecule has 1 atom stereocenters. The van der Waals surface area contributed by atoms with Crippen molar-refractivity contribution in [2.45, 2.75) is 52.1 Å². The van der Waals surface area contributed by atoms with E-state index in [0.29, 0.717) is 17.5 Å². The number of aliphatic imine (C=N–C) groups is 1. The highest BCUT2D eigenvalue weighted by Crippen LogP contribution is 2.40. The average molecular weight is 212 g/mol. The van der Waals surface area contributed by atoms with Crippen molar-refractivity contribution < 1.29 is 0 Å². The summed E-state index contributed by atoms with van der Waals surface area (Å²) in [4.78, 5) is 4.64. The normalized spacial score (nSPS) is 31.1. The highest BCUT2D eigenvalue weighted by atomic mass is 32.2. The molecule has 1 heterocycles. The van der Waals surface area contributed by atoms with Crippen molar-refractivity contribution in [1.82, 2.24) is 5.32 Å². The number of nitrogens with one attached hydrogen (secondary N) is 1. The molecule has 14 heavy (non-hydrogen) atoms. The molecule has 0 aromatic carbocycles. The molecule has 1 fully saturated rings. The van der Waals surface area contributed by atoms with Crippen LogP contribution in [0.2, 0.25) is 0 Å². The van der Waals surface area contributed by atoms with E-state index in [-0.39, 0.29) is 0 Å². The molecule has 0 aromatic heterocycles. The summed E-state index contributed by atoms with van der Waals surface area (Å²) in [6, 6.07) is 1.25. The third-order valence-electron chi connectivity index (χ3n) is 3.11. The minimum atomic E-state index is 0.561. The maximum Gasteiger partial charge on any atom is 0.157 e. The van der Waals surface area contributed by atoms with Crippen LogP contribution in [0, 0.1) is 5.41 Å². The molecule has 1 saturated carbocycles. The third kappa shape index (κ3) is 2.25. The molecule has 1 aliphatic carbocycles. The number of hydrogen-bond donors (Lipinski definition) is 1. The fourth-order valence-corrected chi connectivity index (χ4v) is 3.39. The Morgan fingerprint density at radius 3 is 2.71 bits per heavy atom. The zero-order chi connectivity index (χ0) is 10.2. The van der Waals surface area contributed by atoms with E-state index < -0.39 is 0 Å². The summed E-state index contributed by atoms with van der Waals surface area (Å²) in [5.41, 5.74) is 0.561. The van der Waals surface area contributed by atoms with Crippen molar-refractivity contribution in [3.05, 3.63) is 0 Å². The van der Waals surface area contributed by atoms with Gasteiger partial charge in [-0.3, -0.25) is 4.99 Å². The average Bonchev–Trinajstić information content (AvgIpc) is 2.49. The number of amidine groups is 1. The molecule has 1 N–H and O–H groups in total. The van der Waals surface area contributed by atoms with E-state index >= 15 is 0 Å². The van der Waals surface area contributed by atoms with Crippen LogP contribution in [0.3, 0.4) is 0 Å². The Morgan fingerprint density at radius 1 is 1.50 bits per heavy atom. The second-order valence-electron chi connectivity index (χ2n) is 5.22. The number of hydrogen-bond acceptors (Lipinski definition) is 3. The van der Waals surface area contributed by atoms with Crippen LogP contribution in [-0.2, 0) is 0 Å². The highest BCUT2D eigenvalue weighted by molar-refractivity contribution is 8.14. The lowest BCUT2D eigenvalue weighted by atomic mass is 9.68. The molecule has 1 unspecified atom stereocenters. The Labute approximate surface area is 90.9 Å². The molecule has 2 nitrogen and oxygen atoms in total. The minimum Gasteiger partial charge on any atom is -0.362 e. The molecular formula is C11H20N2S. The van der Waals surface area contributed by atoms with Gasteiger partial charge >= 0.3 is 0 Å². The second kappa shape index (κ2) is 3.76. The van der Waals surface area contributed by atoms with Crippen LogP contribution in [-0.4, -0.2) is 23.0 Å². The van der Waals surface area contributed by atoms with Gasteiger partial charge in [-0.05, 0) is 24.7 Å². The van der Waals surface area contributed by atoms with E-state index in [2.05, 4.69) is 31.1 Å². The summed E-state index contributed by atoms with van der Waals surface area (Å²) in [6.45, 7) is 6.89. The number of nitrogens with zero attached hydrogens (tertiary/aromatic N) is 1. The van der Waals surface area contributed by atoms with Gasteiger partial charge in [-0.2, -0.15) is 0 Å². The lowest BCUT2D eigenvalue weighted by Gasteiger charge is -2.43. The zero-order valence-corrected chi connectivity index (χ0v) is 10.2. The number of rotatable bonds is 2. The van der Waals surface area contributed by atoms with Crippen LogP contribution < -0.4 is 5.32 Å². The van der Waals surface area contributed by atoms with Crippen LogP contribution in [0.25, 0.3) is 0 Å². The zero-order valence-electron chi connectivity index (χ0n) is 9.34. The van der Waals surface area contributed by atoms with Crippen molar-refractivity contribution >= 4 is 16.9 Å². The molecule has 1 aliphatic heterocycles. The van der Waals surface area contributed by atoms with Gasteiger partial charge in [0.1, 0.15) is 0 Å². The Morgan fingerprint density at radius 2 is 2.21 bits per heavy atom. The summed E-state index contributed by atoms with van der Waals surface area (Å²) < 4.78 is 0. The Kier molecular flexibility index (Phi) is 2.78. The molecule has 0 bridgehead atoms. The van der Waals surface area contributed by atoms with Crippen LogP contribution in [0.1, 0.15) is 40.0 Å². The predicted molar refractivity (Wildman–Crippen MR) is 63.9 cm³/mol. The maximum absolute atomic E-state index is 4.64. The van der Waals surface area contributed by atoms with Gasteiger partial charge in [-0.1, -0.05) is 32.5 Å². The topological polar surface area (TPSA) is 24.4 Å². The quantitative estimate of drug-likeness (QED) is 0.761. The molecule has 2 rings (SSSR count). The van der Waals surface area contributed by atoms with Crippen molar-refractivity contribution in [2.75, 3.05) is 5.75 Å². The van der Waals surface area contributed by atoms with Gasteiger partial charge in [0.25, 0.3) is 0 Å². The first-order valence-corrected chi connectivity index (χ1v) is 6.55. The van der Waals surface area contributed by atoms with Gasteiger partial charge in [-0.15, -0.1) is 0 Å². The molecular weight excluding hydrogens is 192 g/mol. The fourth-order valence-electron chi connectivity index (χ4n) is 2.25. The van der Waals surface area contributed by atoms with Crippen LogP contribution in [0.5, 0.6) is 0 Å². The lowest BCUT2D eigenvalue weighted by Crippen LogP contribution is -2.47. The van der Waals surface area contributed by atoms with Gasteiger partial charge in [0.05, 0.1) is 6.04 Å². The predicted octanol–water partition coefficient (Wildman–Crippen LogP) is 2.65. The highest BCUT2D eigenvalue weighted by Gasteiger charge is 2.36. The van der Waals surface area contributed by atoms with Gasteiger partial charge < -0.3 is 5.32 Å². The Bertz CT molecular complexity index is 240. The van der Waals surface area contributed by atoms with Crippen molar-refractivity contribution in [3.8, 4) is 0 Å². The second-order valence-corrected chi connectivity index (χ2v) is 6.23. The fraction of sp³-hybridized carbons (Fsp3) is 0.909. The lowest BCUT2D eigenvalue weighted by molar-refractivity contribution is 0.141. The van der Waals surface area contributed by atoms with Gasteiger partial charge in [0, 0.05) is 11.8 Å². The molecule has 80 valence electrons. The SMILES string of the molecule is CCC1CSC(NC2CC(C)(C)C2)=N1. The molecule has 0 aromatic rings. The first kappa shape index (κ1) is 10.3. The van der Waals surface area contributed by atoms with Gasteiger partial charge in [0.2, 0.25) is 0 Å². The largest absolute Gasteiger partial charge is 0.362 e. The standard InChI is InChI=1S/C11H20N2S/c1-4-8-7-14-10(12-8)13-9-5-11(2,3)6-9/h8-9H,4-7H2,1-3H3,(H,12,13). The Hall–Kier alpha value is -0.180. The Balaban J connectivity index is 1.77. The van der Waals surface area contributed by atoms with Crippen LogP contribution in [0.15, 0.2) is 4.99 Å². The van der Waals surface area contributed by atoms with E-state index in [1.54, 1.807) is 0 Å². The van der Waals surface area contributed by atoms with Crippen molar-refractivity contribution in [1.29, 1.82) is 0 Å². The van der Waals surface area contributed by atoms with E-state index in [1.807, 2.05) is 11.8 Å². The van der Waals surface area contributed by atoms with E-state index in [1.165, 1.54) is 30.2 Å². The summed E-state index contributed by atoms with van der Waals surface area (Å²) in [5.74, 6) is 1.18. The molecule has 0 spiro atoms. The first-order chi connectivity index (χ1) is 6.59. The first-order valence-electron chi connectivity index (χ1n) is 5.56. The van der Waals surface area contributed by atoms with E-state index in [4.69, 9.17) is 0 Å². The minimum absolute atomic E-state index is 0.561. The van der Waals surface area contributed by atoms with E-state index in [9.17, 15) is 0 Å². The molecule has 2 aliphatic rings. The summed E-state index contributed by atoms with van der Waals surface area (Å²) in [5, 5.41) is 4.74. The summed E-state index contributed by atoms with van der Waals surface area (Å²) in [6.07, 6.45) is 3.76. The van der Waals surface area contributed by atoms with Crippen molar-refractivity contribution in [2.24, 2.45) is 10.4 Å². The third-order valence-corrected chi connectivity index (χ3v) is 4.16. The molecule has 0 saturated heterocycles. The molecule has 3 heteroatoms. The van der Waals surface area contributed by atoms with Crippen LogP contribution in [0.4, 0.5) is 0 Å². The molecule has 0 radical (unpaired) electrons.